The van der Waals surface area contributed by atoms with Crippen molar-refractivity contribution in [3.63, 3.8) is 0 Å². The number of nitrogens with one attached hydrogen (secondary N) is 1. The Hall–Kier alpha value is -1.57. The zero-order valence-corrected chi connectivity index (χ0v) is 20.4. The summed E-state index contributed by atoms with van der Waals surface area (Å²) in [5.41, 5.74) is 1.71. The summed E-state index contributed by atoms with van der Waals surface area (Å²) in [6.07, 6.45) is 9.96. The first-order chi connectivity index (χ1) is 13.6. The number of rotatable bonds is 7. The highest BCUT2D eigenvalue weighted by Crippen LogP contribution is 2.33. The smallest absolute Gasteiger partial charge is 0.193 e. The van der Waals surface area contributed by atoms with E-state index in [1.807, 2.05) is 13.2 Å². The molecule has 1 fully saturated rings. The Morgan fingerprint density at radius 2 is 2.07 bits per heavy atom. The van der Waals surface area contributed by atoms with Gasteiger partial charge in [0.2, 0.25) is 0 Å². The van der Waals surface area contributed by atoms with E-state index in [0.29, 0.717) is 5.41 Å². The van der Waals surface area contributed by atoms with Crippen molar-refractivity contribution in [1.82, 2.24) is 19.8 Å². The summed E-state index contributed by atoms with van der Waals surface area (Å²) in [5.74, 6) is 2.14. The first kappa shape index (κ1) is 23.7. The quantitative estimate of drug-likeness (QED) is 0.338. The first-order valence-electron chi connectivity index (χ1n) is 10.6. The molecule has 3 rings (SSSR count). The van der Waals surface area contributed by atoms with Crippen LogP contribution in [0.2, 0.25) is 0 Å². The number of aliphatic imine (C=N–C) groups is 1. The third-order valence-corrected chi connectivity index (χ3v) is 5.78. The van der Waals surface area contributed by atoms with Crippen LogP contribution in [0.5, 0.6) is 0 Å². The topological polar surface area (TPSA) is 45.4 Å². The van der Waals surface area contributed by atoms with E-state index in [0.717, 1.165) is 44.4 Å². The molecule has 2 aromatic rings. The largest absolute Gasteiger partial charge is 0.356 e. The van der Waals surface area contributed by atoms with E-state index in [1.165, 1.54) is 31.2 Å². The fourth-order valence-electron chi connectivity index (χ4n) is 4.41. The lowest BCUT2D eigenvalue weighted by atomic mass is 9.78. The Labute approximate surface area is 193 Å². The van der Waals surface area contributed by atoms with Gasteiger partial charge in [-0.15, -0.1) is 24.0 Å². The Morgan fingerprint density at radius 1 is 1.28 bits per heavy atom. The van der Waals surface area contributed by atoms with E-state index in [-0.39, 0.29) is 24.0 Å². The zero-order chi connectivity index (χ0) is 19.8. The number of likely N-dealkylation sites (tertiary alicyclic amines) is 1. The summed E-state index contributed by atoms with van der Waals surface area (Å²) in [4.78, 5) is 11.6. The van der Waals surface area contributed by atoms with E-state index >= 15 is 0 Å². The maximum Gasteiger partial charge on any atom is 0.193 e. The van der Waals surface area contributed by atoms with Crippen LogP contribution in [0.15, 0.2) is 47.7 Å². The van der Waals surface area contributed by atoms with E-state index in [1.54, 1.807) is 0 Å². The standard InChI is InChI=1S/C23H35N5.HI/c1-4-12-23(2)13-8-16-28(19-23)22(24-3)26-14-11-21-25-15-17-27(21)18-20-9-6-5-7-10-20;/h5-7,9-10,15,17H,4,8,11-14,16,18-19H2,1-3H3,(H,24,26);1H. The number of hydrogen-bond acceptors (Lipinski definition) is 2. The molecule has 160 valence electrons. The molecule has 0 bridgehead atoms. The van der Waals surface area contributed by atoms with Crippen molar-refractivity contribution in [1.29, 1.82) is 0 Å². The fraction of sp³-hybridized carbons (Fsp3) is 0.565. The van der Waals surface area contributed by atoms with Crippen molar-refractivity contribution in [3.8, 4) is 0 Å². The third-order valence-electron chi connectivity index (χ3n) is 5.78. The number of aromatic nitrogens is 2. The number of imidazole rings is 1. The molecule has 1 aromatic heterocycles. The Morgan fingerprint density at radius 3 is 2.79 bits per heavy atom. The lowest BCUT2D eigenvalue weighted by Crippen LogP contribution is -2.50. The average Bonchev–Trinajstić information content (AvgIpc) is 3.13. The monoisotopic (exact) mass is 509 g/mol. The van der Waals surface area contributed by atoms with Crippen molar-refractivity contribution in [2.75, 3.05) is 26.7 Å². The minimum Gasteiger partial charge on any atom is -0.356 e. The van der Waals surface area contributed by atoms with E-state index < -0.39 is 0 Å². The highest BCUT2D eigenvalue weighted by Gasteiger charge is 2.31. The normalized spacial score (nSPS) is 19.7. The predicted octanol–water partition coefficient (Wildman–Crippen LogP) is 4.57. The summed E-state index contributed by atoms with van der Waals surface area (Å²) in [6.45, 7) is 8.63. The van der Waals surface area contributed by atoms with Gasteiger partial charge in [-0.3, -0.25) is 4.99 Å². The molecule has 1 saturated heterocycles. The van der Waals surface area contributed by atoms with Crippen LogP contribution in [0.25, 0.3) is 0 Å². The van der Waals surface area contributed by atoms with Crippen LogP contribution in [0.4, 0.5) is 0 Å². The van der Waals surface area contributed by atoms with Gasteiger partial charge in [-0.2, -0.15) is 0 Å². The van der Waals surface area contributed by atoms with Gasteiger partial charge in [0.05, 0.1) is 0 Å². The Balaban J connectivity index is 0.00000300. The number of benzene rings is 1. The van der Waals surface area contributed by atoms with Crippen LogP contribution in [0, 0.1) is 5.41 Å². The molecule has 1 unspecified atom stereocenters. The van der Waals surface area contributed by atoms with Gasteiger partial charge in [0.25, 0.3) is 0 Å². The molecule has 0 spiro atoms. The summed E-state index contributed by atoms with van der Waals surface area (Å²) < 4.78 is 2.24. The number of piperidine rings is 1. The van der Waals surface area contributed by atoms with Gasteiger partial charge in [0.1, 0.15) is 5.82 Å². The van der Waals surface area contributed by atoms with Gasteiger partial charge in [-0.05, 0) is 30.2 Å². The summed E-state index contributed by atoms with van der Waals surface area (Å²) in [6, 6.07) is 10.5. The number of halogens is 1. The van der Waals surface area contributed by atoms with Gasteiger partial charge >= 0.3 is 0 Å². The molecule has 1 aliphatic heterocycles. The molecule has 1 aliphatic rings. The second-order valence-corrected chi connectivity index (χ2v) is 8.27. The molecule has 1 N–H and O–H groups in total. The maximum absolute atomic E-state index is 4.56. The average molecular weight is 509 g/mol. The lowest BCUT2D eigenvalue weighted by Gasteiger charge is -2.42. The molecule has 29 heavy (non-hydrogen) atoms. The molecule has 0 amide bonds. The third kappa shape index (κ3) is 6.73. The molecule has 1 atom stereocenters. The molecule has 0 radical (unpaired) electrons. The van der Waals surface area contributed by atoms with Crippen LogP contribution in [0.3, 0.4) is 0 Å². The molecular formula is C23H36IN5. The molecular weight excluding hydrogens is 473 g/mol. The SMILES string of the molecule is CCCC1(C)CCCN(C(=NC)NCCc2nccn2Cc2ccccc2)C1.I. The van der Waals surface area contributed by atoms with Gasteiger partial charge in [-0.25, -0.2) is 4.98 Å². The maximum atomic E-state index is 4.56. The van der Waals surface area contributed by atoms with Crippen LogP contribution >= 0.6 is 24.0 Å². The fourth-order valence-corrected chi connectivity index (χ4v) is 4.41. The van der Waals surface area contributed by atoms with Crippen LogP contribution in [0.1, 0.15) is 50.9 Å². The highest BCUT2D eigenvalue weighted by atomic mass is 127. The van der Waals surface area contributed by atoms with E-state index in [4.69, 9.17) is 0 Å². The highest BCUT2D eigenvalue weighted by molar-refractivity contribution is 14.0. The summed E-state index contributed by atoms with van der Waals surface area (Å²) in [7, 11) is 1.89. The van der Waals surface area contributed by atoms with Crippen molar-refractivity contribution in [3.05, 3.63) is 54.1 Å². The first-order valence-corrected chi connectivity index (χ1v) is 10.6. The second kappa shape index (κ2) is 11.6. The molecule has 2 heterocycles. The number of guanidine groups is 1. The van der Waals surface area contributed by atoms with E-state index in [2.05, 4.69) is 75.1 Å². The predicted molar refractivity (Wildman–Crippen MR) is 132 cm³/mol. The van der Waals surface area contributed by atoms with E-state index in [9.17, 15) is 0 Å². The lowest BCUT2D eigenvalue weighted by molar-refractivity contribution is 0.142. The Bertz CT molecular complexity index is 754. The molecule has 6 heteroatoms. The minimum absolute atomic E-state index is 0. The number of nitrogens with zero attached hydrogens (tertiary/aromatic N) is 4. The van der Waals surface area contributed by atoms with Gasteiger partial charge in [-0.1, -0.05) is 50.6 Å². The zero-order valence-electron chi connectivity index (χ0n) is 18.1. The molecule has 5 nitrogen and oxygen atoms in total. The molecule has 0 aliphatic carbocycles. The summed E-state index contributed by atoms with van der Waals surface area (Å²) in [5, 5.41) is 3.57. The number of hydrogen-bond donors (Lipinski definition) is 1. The molecule has 0 saturated carbocycles. The van der Waals surface area contributed by atoms with Crippen LogP contribution in [-0.4, -0.2) is 47.1 Å². The van der Waals surface area contributed by atoms with Crippen molar-refractivity contribution < 1.29 is 0 Å². The minimum atomic E-state index is 0. The van der Waals surface area contributed by atoms with Crippen LogP contribution < -0.4 is 5.32 Å². The van der Waals surface area contributed by atoms with Crippen molar-refractivity contribution in [2.24, 2.45) is 10.4 Å². The van der Waals surface area contributed by atoms with Crippen molar-refractivity contribution in [2.45, 2.75) is 52.5 Å². The second-order valence-electron chi connectivity index (χ2n) is 8.27. The van der Waals surface area contributed by atoms with Crippen molar-refractivity contribution >= 4 is 29.9 Å². The van der Waals surface area contributed by atoms with Gasteiger partial charge < -0.3 is 14.8 Å². The molecule has 1 aromatic carbocycles. The van der Waals surface area contributed by atoms with Gasteiger partial charge in [0, 0.05) is 52.0 Å². The van der Waals surface area contributed by atoms with Crippen LogP contribution in [-0.2, 0) is 13.0 Å². The van der Waals surface area contributed by atoms with Gasteiger partial charge in [0.15, 0.2) is 5.96 Å². The summed E-state index contributed by atoms with van der Waals surface area (Å²) >= 11 is 0. The Kier molecular flexibility index (Phi) is 9.46.